The zero-order chi connectivity index (χ0) is 14.1. The van der Waals surface area contributed by atoms with Crippen molar-refractivity contribution >= 4 is 11.8 Å². The van der Waals surface area contributed by atoms with Crippen molar-refractivity contribution in [2.24, 2.45) is 0 Å². The van der Waals surface area contributed by atoms with Crippen molar-refractivity contribution in [3.8, 4) is 5.75 Å². The molecule has 0 spiro atoms. The van der Waals surface area contributed by atoms with Crippen molar-refractivity contribution in [2.45, 2.75) is 12.8 Å². The lowest BCUT2D eigenvalue weighted by atomic mass is 10.2. The minimum absolute atomic E-state index is 0.230. The molecule has 0 aliphatic heterocycles. The fourth-order valence-electron chi connectivity index (χ4n) is 1.09. The molecule has 0 atom stereocenters. The van der Waals surface area contributed by atoms with Crippen LogP contribution in [0.15, 0.2) is 6.07 Å². The molecule has 0 saturated carbocycles. The van der Waals surface area contributed by atoms with Crippen molar-refractivity contribution in [2.75, 3.05) is 5.73 Å². The molecule has 0 saturated heterocycles. The second-order valence-corrected chi connectivity index (χ2v) is 2.96. The Morgan fingerprint density at radius 3 is 2.39 bits per heavy atom. The van der Waals surface area contributed by atoms with Crippen LogP contribution >= 0.6 is 0 Å². The number of hydrogen-bond donors (Lipinski definition) is 2. The summed E-state index contributed by atoms with van der Waals surface area (Å²) in [6.07, 6.45) is -8.65. The topological polar surface area (TPSA) is 85.4 Å². The first-order valence-corrected chi connectivity index (χ1v) is 4.19. The van der Waals surface area contributed by atoms with Crippen LogP contribution in [0.2, 0.25) is 0 Å². The molecule has 0 amide bonds. The van der Waals surface area contributed by atoms with Crippen LogP contribution in [0.1, 0.15) is 22.5 Å². The Labute approximate surface area is 96.0 Å². The number of hydrogen-bond acceptors (Lipinski definition) is 4. The third-order valence-electron chi connectivity index (χ3n) is 1.71. The maximum Gasteiger partial charge on any atom is 0.573 e. The van der Waals surface area contributed by atoms with Gasteiger partial charge < -0.3 is 15.6 Å². The van der Waals surface area contributed by atoms with Gasteiger partial charge in [-0.15, -0.1) is 13.2 Å². The van der Waals surface area contributed by atoms with E-state index in [-0.39, 0.29) is 6.07 Å². The molecule has 3 N–H and O–H groups in total. The van der Waals surface area contributed by atoms with Gasteiger partial charge in [-0.3, -0.25) is 0 Å². The molecule has 0 radical (unpaired) electrons. The van der Waals surface area contributed by atoms with Gasteiger partial charge in [0.05, 0.1) is 0 Å². The van der Waals surface area contributed by atoms with E-state index in [1.165, 1.54) is 0 Å². The van der Waals surface area contributed by atoms with Gasteiger partial charge in [-0.25, -0.2) is 18.6 Å². The monoisotopic (exact) mass is 272 g/mol. The van der Waals surface area contributed by atoms with Crippen LogP contribution in [-0.4, -0.2) is 22.4 Å². The fraction of sp³-hybridized carbons (Fsp3) is 0.250. The maximum absolute atomic E-state index is 12.5. The van der Waals surface area contributed by atoms with Gasteiger partial charge in [0.15, 0.2) is 5.69 Å². The number of rotatable bonds is 3. The highest BCUT2D eigenvalue weighted by Gasteiger charge is 2.35. The highest BCUT2D eigenvalue weighted by Crippen LogP contribution is 2.36. The molecule has 0 aliphatic carbocycles. The van der Waals surface area contributed by atoms with Crippen molar-refractivity contribution in [3.63, 3.8) is 0 Å². The normalized spacial score (nSPS) is 11.7. The van der Waals surface area contributed by atoms with Crippen LogP contribution in [0.25, 0.3) is 0 Å². The van der Waals surface area contributed by atoms with Gasteiger partial charge in [-0.1, -0.05) is 0 Å². The summed E-state index contributed by atoms with van der Waals surface area (Å²) < 4.78 is 64.2. The Kier molecular flexibility index (Phi) is 3.58. The molecule has 10 heteroatoms. The minimum Gasteiger partial charge on any atom is -0.477 e. The molecule has 0 aliphatic rings. The molecule has 0 fully saturated rings. The van der Waals surface area contributed by atoms with Crippen LogP contribution in [-0.2, 0) is 0 Å². The summed E-state index contributed by atoms with van der Waals surface area (Å²) in [7, 11) is 0. The summed E-state index contributed by atoms with van der Waals surface area (Å²) in [4.78, 5) is 13.5. The molecule has 1 aromatic heterocycles. The van der Waals surface area contributed by atoms with Crippen molar-refractivity contribution < 1.29 is 36.6 Å². The molecule has 0 bridgehead atoms. The Balaban J connectivity index is 3.38. The van der Waals surface area contributed by atoms with Gasteiger partial charge in [-0.2, -0.15) is 0 Å². The first-order valence-electron chi connectivity index (χ1n) is 4.19. The van der Waals surface area contributed by atoms with E-state index < -0.39 is 41.6 Å². The molecule has 5 nitrogen and oxygen atoms in total. The summed E-state index contributed by atoms with van der Waals surface area (Å²) in [6, 6.07) is 0.230. The SMILES string of the molecule is Nc1nc(C(=O)O)cc(OC(F)(F)F)c1C(F)F. The van der Waals surface area contributed by atoms with E-state index in [0.29, 0.717) is 0 Å². The van der Waals surface area contributed by atoms with Gasteiger partial charge in [0.2, 0.25) is 0 Å². The van der Waals surface area contributed by atoms with E-state index in [2.05, 4.69) is 9.72 Å². The van der Waals surface area contributed by atoms with Crippen LogP contribution in [0.4, 0.5) is 27.8 Å². The molecule has 100 valence electrons. The third kappa shape index (κ3) is 3.18. The van der Waals surface area contributed by atoms with Crippen LogP contribution in [0, 0.1) is 0 Å². The Morgan fingerprint density at radius 2 is 2.00 bits per heavy atom. The first-order chi connectivity index (χ1) is 8.11. The van der Waals surface area contributed by atoms with Gasteiger partial charge in [0.1, 0.15) is 17.1 Å². The van der Waals surface area contributed by atoms with E-state index in [9.17, 15) is 26.7 Å². The average molecular weight is 272 g/mol. The number of pyridine rings is 1. The van der Waals surface area contributed by atoms with Crippen LogP contribution in [0.3, 0.4) is 0 Å². The third-order valence-corrected chi connectivity index (χ3v) is 1.71. The summed E-state index contributed by atoms with van der Waals surface area (Å²) >= 11 is 0. The van der Waals surface area contributed by atoms with Gasteiger partial charge >= 0.3 is 12.3 Å². The standard InChI is InChI=1S/C8H5F5N2O3/c9-5(10)4-3(18-8(11,12)13)1-2(7(16)17)15-6(4)14/h1,5H,(H2,14,15)(H,16,17). The predicted octanol–water partition coefficient (Wildman–Crippen LogP) is 2.20. The summed E-state index contributed by atoms with van der Waals surface area (Å²) in [5, 5.41) is 8.52. The molecule has 0 unspecified atom stereocenters. The number of aromatic nitrogens is 1. The fourth-order valence-corrected chi connectivity index (χ4v) is 1.09. The highest BCUT2D eigenvalue weighted by molar-refractivity contribution is 5.86. The number of carboxylic acids is 1. The summed E-state index contributed by atoms with van der Waals surface area (Å²) in [5.41, 5.74) is 2.74. The number of nitrogens with two attached hydrogens (primary N) is 1. The van der Waals surface area contributed by atoms with E-state index in [4.69, 9.17) is 10.8 Å². The van der Waals surface area contributed by atoms with Gasteiger partial charge in [-0.05, 0) is 0 Å². The number of nitrogen functional groups attached to an aromatic ring is 1. The zero-order valence-electron chi connectivity index (χ0n) is 8.33. The summed E-state index contributed by atoms with van der Waals surface area (Å²) in [5.74, 6) is -4.15. The summed E-state index contributed by atoms with van der Waals surface area (Å²) in [6.45, 7) is 0. The zero-order valence-corrected chi connectivity index (χ0v) is 8.33. The van der Waals surface area contributed by atoms with E-state index >= 15 is 0 Å². The number of ether oxygens (including phenoxy) is 1. The van der Waals surface area contributed by atoms with Crippen LogP contribution < -0.4 is 10.5 Å². The largest absolute Gasteiger partial charge is 0.573 e. The number of aromatic carboxylic acids is 1. The quantitative estimate of drug-likeness (QED) is 0.824. The minimum atomic E-state index is -5.26. The lowest BCUT2D eigenvalue weighted by molar-refractivity contribution is -0.275. The second kappa shape index (κ2) is 4.63. The first kappa shape index (κ1) is 13.9. The average Bonchev–Trinajstić information content (AvgIpc) is 2.12. The molecular weight excluding hydrogens is 267 g/mol. The second-order valence-electron chi connectivity index (χ2n) is 2.96. The molecule has 1 heterocycles. The number of alkyl halides is 5. The molecule has 0 aromatic carbocycles. The molecule has 1 rings (SSSR count). The number of halogens is 5. The van der Waals surface area contributed by atoms with Gasteiger partial charge in [0, 0.05) is 6.07 Å². The van der Waals surface area contributed by atoms with Crippen molar-refractivity contribution in [1.82, 2.24) is 4.98 Å². The maximum atomic E-state index is 12.5. The van der Waals surface area contributed by atoms with E-state index in [1.807, 2.05) is 0 Å². The van der Waals surface area contributed by atoms with Gasteiger partial charge in [0.25, 0.3) is 6.43 Å². The van der Waals surface area contributed by atoms with E-state index in [1.54, 1.807) is 0 Å². The number of nitrogens with zero attached hydrogens (tertiary/aromatic N) is 1. The Bertz CT molecular complexity index is 475. The number of anilines is 1. The molecular formula is C8H5F5N2O3. The Morgan fingerprint density at radius 1 is 1.44 bits per heavy atom. The Hall–Kier alpha value is -2.13. The van der Waals surface area contributed by atoms with Crippen molar-refractivity contribution in [1.29, 1.82) is 0 Å². The van der Waals surface area contributed by atoms with Crippen molar-refractivity contribution in [3.05, 3.63) is 17.3 Å². The van der Waals surface area contributed by atoms with Crippen LogP contribution in [0.5, 0.6) is 5.75 Å². The molecule has 18 heavy (non-hydrogen) atoms. The lowest BCUT2D eigenvalue weighted by Crippen LogP contribution is -2.20. The lowest BCUT2D eigenvalue weighted by Gasteiger charge is -2.14. The van der Waals surface area contributed by atoms with E-state index in [0.717, 1.165) is 0 Å². The molecule has 1 aromatic rings. The number of carbonyl (C=O) groups is 1. The smallest absolute Gasteiger partial charge is 0.477 e. The number of carboxylic acid groups (broad SMARTS) is 1. The predicted molar refractivity (Wildman–Crippen MR) is 47.2 cm³/mol. The highest BCUT2D eigenvalue weighted by atomic mass is 19.4.